The predicted molar refractivity (Wildman–Crippen MR) is 113 cm³/mol. The lowest BCUT2D eigenvalue weighted by Crippen LogP contribution is -2.12. The summed E-state index contributed by atoms with van der Waals surface area (Å²) in [5.74, 6) is -1.18. The second-order valence-corrected chi connectivity index (χ2v) is 7.37. The number of aromatic nitrogens is 2. The van der Waals surface area contributed by atoms with Gasteiger partial charge in [0.15, 0.2) is 12.4 Å². The van der Waals surface area contributed by atoms with Crippen LogP contribution in [0.3, 0.4) is 0 Å². The minimum Gasteiger partial charge on any atom is -0.481 e. The van der Waals surface area contributed by atoms with E-state index < -0.39 is 12.6 Å². The van der Waals surface area contributed by atoms with Gasteiger partial charge < -0.3 is 9.84 Å². The molecule has 0 unspecified atom stereocenters. The minimum absolute atomic E-state index is 0.219. The van der Waals surface area contributed by atoms with Gasteiger partial charge >= 0.3 is 5.97 Å². The Bertz CT molecular complexity index is 1040. The second kappa shape index (κ2) is 9.05. The topological polar surface area (TPSA) is 81.4 Å². The molecular weight excluding hydrogens is 436 g/mol. The standard InChI is InChI=1S/C22H21BrN2O4/c1-3-14-6-5-7-15(4-2)21(14)25-12-16(11-24-25)22(28)18-10-17(23)8-9-19(18)29-13-20(26)27/h5-12H,3-4,13H2,1-2H3,(H,26,27). The maximum Gasteiger partial charge on any atom is 0.341 e. The SMILES string of the molecule is CCc1cccc(CC)c1-n1cc(C(=O)c2cc(Br)ccc2OCC(=O)O)cn1. The number of aliphatic carboxylic acids is 1. The van der Waals surface area contributed by atoms with Crippen LogP contribution in [0.4, 0.5) is 0 Å². The third-order valence-corrected chi connectivity index (χ3v) is 5.07. The number of carbonyl (C=O) groups is 2. The number of hydrogen-bond donors (Lipinski definition) is 1. The third-order valence-electron chi connectivity index (χ3n) is 4.58. The number of rotatable bonds is 8. The molecule has 2 aromatic carbocycles. The van der Waals surface area contributed by atoms with Gasteiger partial charge in [-0.3, -0.25) is 4.79 Å². The normalized spacial score (nSPS) is 10.7. The van der Waals surface area contributed by atoms with Crippen molar-refractivity contribution in [1.29, 1.82) is 0 Å². The van der Waals surface area contributed by atoms with E-state index >= 15 is 0 Å². The summed E-state index contributed by atoms with van der Waals surface area (Å²) < 4.78 is 7.72. The van der Waals surface area contributed by atoms with Crippen molar-refractivity contribution in [3.8, 4) is 11.4 Å². The number of carboxylic acids is 1. The number of para-hydroxylation sites is 1. The second-order valence-electron chi connectivity index (χ2n) is 6.46. The molecule has 1 heterocycles. The lowest BCUT2D eigenvalue weighted by Gasteiger charge is -2.13. The van der Waals surface area contributed by atoms with Crippen molar-refractivity contribution < 1.29 is 19.4 Å². The number of carboxylic acid groups (broad SMARTS) is 1. The Morgan fingerprint density at radius 3 is 2.45 bits per heavy atom. The van der Waals surface area contributed by atoms with Crippen LogP contribution in [-0.2, 0) is 17.6 Å². The summed E-state index contributed by atoms with van der Waals surface area (Å²) in [7, 11) is 0. The number of halogens is 1. The molecule has 0 bridgehead atoms. The average molecular weight is 457 g/mol. The summed E-state index contributed by atoms with van der Waals surface area (Å²) >= 11 is 3.35. The van der Waals surface area contributed by atoms with Crippen molar-refractivity contribution in [3.63, 3.8) is 0 Å². The fourth-order valence-electron chi connectivity index (χ4n) is 3.17. The first-order valence-electron chi connectivity index (χ1n) is 9.29. The monoisotopic (exact) mass is 456 g/mol. The molecule has 3 aromatic rings. The van der Waals surface area contributed by atoms with E-state index in [1.54, 1.807) is 29.1 Å². The zero-order valence-electron chi connectivity index (χ0n) is 16.2. The smallest absolute Gasteiger partial charge is 0.341 e. The molecule has 29 heavy (non-hydrogen) atoms. The summed E-state index contributed by atoms with van der Waals surface area (Å²) in [6, 6.07) is 11.0. The van der Waals surface area contributed by atoms with Gasteiger partial charge in [0.25, 0.3) is 0 Å². The molecule has 6 nitrogen and oxygen atoms in total. The summed E-state index contributed by atoms with van der Waals surface area (Å²) in [4.78, 5) is 24.0. The van der Waals surface area contributed by atoms with Crippen LogP contribution in [0.25, 0.3) is 5.69 Å². The molecule has 0 fully saturated rings. The van der Waals surface area contributed by atoms with Crippen LogP contribution in [0.1, 0.15) is 40.9 Å². The molecular formula is C22H21BrN2O4. The number of ketones is 1. The van der Waals surface area contributed by atoms with Gasteiger partial charge in [-0.05, 0) is 42.2 Å². The lowest BCUT2D eigenvalue weighted by atomic mass is 10.0. The minimum atomic E-state index is -1.11. The fraction of sp³-hybridized carbons (Fsp3) is 0.227. The van der Waals surface area contributed by atoms with Gasteiger partial charge in [-0.15, -0.1) is 0 Å². The van der Waals surface area contributed by atoms with Gasteiger partial charge in [0.1, 0.15) is 5.75 Å². The summed E-state index contributed by atoms with van der Waals surface area (Å²) in [6.07, 6.45) is 4.93. The Morgan fingerprint density at radius 1 is 1.14 bits per heavy atom. The molecule has 0 aliphatic heterocycles. The first kappa shape index (κ1) is 20.8. The molecule has 3 rings (SSSR count). The van der Waals surface area contributed by atoms with Crippen LogP contribution in [0.15, 0.2) is 53.3 Å². The number of ether oxygens (including phenoxy) is 1. The Balaban J connectivity index is 1.99. The third kappa shape index (κ3) is 4.56. The molecule has 0 spiro atoms. The predicted octanol–water partition coefficient (Wildman–Crippen LogP) is 4.45. The van der Waals surface area contributed by atoms with Crippen LogP contribution >= 0.6 is 15.9 Å². The van der Waals surface area contributed by atoms with Crippen LogP contribution in [0.5, 0.6) is 5.75 Å². The highest BCUT2D eigenvalue weighted by molar-refractivity contribution is 9.10. The van der Waals surface area contributed by atoms with Gasteiger partial charge in [-0.1, -0.05) is 48.0 Å². The summed E-state index contributed by atoms with van der Waals surface area (Å²) in [6.45, 7) is 3.65. The maximum absolute atomic E-state index is 13.1. The average Bonchev–Trinajstić information content (AvgIpc) is 3.21. The largest absolute Gasteiger partial charge is 0.481 e. The van der Waals surface area contributed by atoms with Gasteiger partial charge in [0, 0.05) is 10.7 Å². The van der Waals surface area contributed by atoms with E-state index in [-0.39, 0.29) is 17.1 Å². The van der Waals surface area contributed by atoms with Gasteiger partial charge in [-0.2, -0.15) is 5.10 Å². The molecule has 7 heteroatoms. The van der Waals surface area contributed by atoms with Crippen LogP contribution in [0, 0.1) is 0 Å². The Kier molecular flexibility index (Phi) is 6.49. The first-order chi connectivity index (χ1) is 13.9. The number of aryl methyl sites for hydroxylation is 2. The van der Waals surface area contributed by atoms with E-state index in [0.29, 0.717) is 10.0 Å². The zero-order valence-corrected chi connectivity index (χ0v) is 17.8. The number of carbonyl (C=O) groups excluding carboxylic acids is 1. The highest BCUT2D eigenvalue weighted by atomic mass is 79.9. The van der Waals surface area contributed by atoms with E-state index in [1.165, 1.54) is 6.20 Å². The van der Waals surface area contributed by atoms with E-state index in [4.69, 9.17) is 9.84 Å². The van der Waals surface area contributed by atoms with Crippen LogP contribution in [-0.4, -0.2) is 33.2 Å². The van der Waals surface area contributed by atoms with Crippen LogP contribution < -0.4 is 4.74 Å². The van der Waals surface area contributed by atoms with Crippen molar-refractivity contribution in [2.75, 3.05) is 6.61 Å². The lowest BCUT2D eigenvalue weighted by molar-refractivity contribution is -0.139. The number of nitrogens with zero attached hydrogens (tertiary/aromatic N) is 2. The first-order valence-corrected chi connectivity index (χ1v) is 10.1. The molecule has 0 saturated carbocycles. The number of hydrogen-bond acceptors (Lipinski definition) is 4. The number of benzene rings is 2. The van der Waals surface area contributed by atoms with Crippen LogP contribution in [0.2, 0.25) is 0 Å². The molecule has 1 N–H and O–H groups in total. The van der Waals surface area contributed by atoms with Gasteiger partial charge in [0.2, 0.25) is 0 Å². The Hall–Kier alpha value is -2.93. The summed E-state index contributed by atoms with van der Waals surface area (Å²) in [5, 5.41) is 13.3. The van der Waals surface area contributed by atoms with Crippen molar-refractivity contribution in [1.82, 2.24) is 9.78 Å². The van der Waals surface area contributed by atoms with Gasteiger partial charge in [0.05, 0.1) is 23.0 Å². The molecule has 0 aliphatic rings. The quantitative estimate of drug-likeness (QED) is 0.506. The highest BCUT2D eigenvalue weighted by Gasteiger charge is 2.19. The molecule has 0 amide bonds. The maximum atomic E-state index is 13.1. The van der Waals surface area contributed by atoms with Crippen molar-refractivity contribution in [2.24, 2.45) is 0 Å². The molecule has 0 radical (unpaired) electrons. The van der Waals surface area contributed by atoms with E-state index in [2.05, 4.69) is 47.0 Å². The summed E-state index contributed by atoms with van der Waals surface area (Å²) in [5.41, 5.74) is 3.97. The van der Waals surface area contributed by atoms with Gasteiger partial charge in [-0.25, -0.2) is 9.48 Å². The zero-order chi connectivity index (χ0) is 21.0. The molecule has 0 atom stereocenters. The van der Waals surface area contributed by atoms with Crippen molar-refractivity contribution in [3.05, 3.63) is 75.5 Å². The van der Waals surface area contributed by atoms with E-state index in [9.17, 15) is 9.59 Å². The Labute approximate surface area is 177 Å². The van der Waals surface area contributed by atoms with Crippen molar-refractivity contribution >= 4 is 27.7 Å². The highest BCUT2D eigenvalue weighted by Crippen LogP contribution is 2.27. The Morgan fingerprint density at radius 2 is 1.83 bits per heavy atom. The van der Waals surface area contributed by atoms with E-state index in [1.807, 2.05) is 6.07 Å². The molecule has 0 saturated heterocycles. The molecule has 150 valence electrons. The molecule has 0 aliphatic carbocycles. The fourth-order valence-corrected chi connectivity index (χ4v) is 3.53. The van der Waals surface area contributed by atoms with E-state index in [0.717, 1.165) is 29.7 Å². The van der Waals surface area contributed by atoms with Crippen molar-refractivity contribution in [2.45, 2.75) is 26.7 Å². The molecule has 1 aromatic heterocycles.